The summed E-state index contributed by atoms with van der Waals surface area (Å²) in [6.07, 6.45) is 6.25. The lowest BCUT2D eigenvalue weighted by molar-refractivity contribution is 0.0283. The largest absolute Gasteiger partial charge is 0.493 e. The zero-order chi connectivity index (χ0) is 15.7. The number of likely N-dealkylation sites (tertiary alicyclic amines) is 1. The van der Waals surface area contributed by atoms with E-state index < -0.39 is 5.60 Å². The number of ether oxygens (including phenoxy) is 1. The highest BCUT2D eigenvalue weighted by Crippen LogP contribution is 2.27. The van der Waals surface area contributed by atoms with E-state index in [0.717, 1.165) is 44.7 Å². The Morgan fingerprint density at radius 3 is 3.17 bits per heavy atom. The zero-order valence-electron chi connectivity index (χ0n) is 13.2. The molecule has 0 aliphatic carbocycles. The third-order valence-electron chi connectivity index (χ3n) is 4.81. The van der Waals surface area contributed by atoms with Gasteiger partial charge in [0, 0.05) is 32.3 Å². The van der Waals surface area contributed by atoms with Crippen LogP contribution >= 0.6 is 0 Å². The van der Waals surface area contributed by atoms with Crippen molar-refractivity contribution in [2.75, 3.05) is 26.2 Å². The molecule has 0 spiro atoms. The van der Waals surface area contributed by atoms with Crippen molar-refractivity contribution in [1.82, 2.24) is 19.9 Å². The molecule has 0 bridgehead atoms. The molecule has 1 aromatic heterocycles. The number of aromatic nitrogens is 3. The maximum atomic E-state index is 10.7. The molecule has 6 heteroatoms. The van der Waals surface area contributed by atoms with Gasteiger partial charge in [-0.05, 0) is 30.0 Å². The lowest BCUT2D eigenvalue weighted by atomic mass is 10.0. The van der Waals surface area contributed by atoms with E-state index in [1.165, 1.54) is 11.1 Å². The molecule has 3 heterocycles. The molecular formula is C17H22N4O2. The molecule has 1 saturated heterocycles. The Bertz CT molecular complexity index is 673. The van der Waals surface area contributed by atoms with Gasteiger partial charge in [-0.2, -0.15) is 0 Å². The van der Waals surface area contributed by atoms with Crippen LogP contribution in [0, 0.1) is 0 Å². The second-order valence-electron chi connectivity index (χ2n) is 6.64. The van der Waals surface area contributed by atoms with Gasteiger partial charge in [0.1, 0.15) is 5.75 Å². The van der Waals surface area contributed by atoms with E-state index in [2.05, 4.69) is 33.4 Å². The Morgan fingerprint density at radius 1 is 1.35 bits per heavy atom. The van der Waals surface area contributed by atoms with Gasteiger partial charge in [-0.3, -0.25) is 4.90 Å². The van der Waals surface area contributed by atoms with Crippen LogP contribution in [0.25, 0.3) is 0 Å². The summed E-state index contributed by atoms with van der Waals surface area (Å²) >= 11 is 0. The van der Waals surface area contributed by atoms with E-state index in [-0.39, 0.29) is 0 Å². The Labute approximate surface area is 135 Å². The topological polar surface area (TPSA) is 63.4 Å². The van der Waals surface area contributed by atoms with Crippen LogP contribution in [0.3, 0.4) is 0 Å². The zero-order valence-corrected chi connectivity index (χ0v) is 13.2. The van der Waals surface area contributed by atoms with Crippen LogP contribution in [0.15, 0.2) is 30.6 Å². The molecular weight excluding hydrogens is 292 g/mol. The summed E-state index contributed by atoms with van der Waals surface area (Å²) < 4.78 is 7.26. The van der Waals surface area contributed by atoms with Crippen LogP contribution in [-0.4, -0.2) is 56.8 Å². The van der Waals surface area contributed by atoms with Gasteiger partial charge < -0.3 is 9.84 Å². The molecule has 1 N–H and O–H groups in total. The average molecular weight is 314 g/mol. The number of β-amino-alcohol motifs (C(OH)–C–C–N with tert-alkyl or cyclic N) is 1. The minimum atomic E-state index is -0.695. The number of fused-ring (bicyclic) bond motifs is 1. The third-order valence-corrected chi connectivity index (χ3v) is 4.81. The van der Waals surface area contributed by atoms with Crippen molar-refractivity contribution in [2.24, 2.45) is 0 Å². The summed E-state index contributed by atoms with van der Waals surface area (Å²) in [5.41, 5.74) is 1.98. The molecule has 0 amide bonds. The maximum Gasteiger partial charge on any atom is 0.122 e. The first-order chi connectivity index (χ1) is 11.2. The highest BCUT2D eigenvalue weighted by atomic mass is 16.5. The highest BCUT2D eigenvalue weighted by Gasteiger charge is 2.36. The molecule has 23 heavy (non-hydrogen) atoms. The molecule has 2 aromatic rings. The predicted molar refractivity (Wildman–Crippen MR) is 85.4 cm³/mol. The van der Waals surface area contributed by atoms with Crippen LogP contribution in [0.2, 0.25) is 0 Å². The van der Waals surface area contributed by atoms with Gasteiger partial charge in [-0.1, -0.05) is 17.3 Å². The van der Waals surface area contributed by atoms with E-state index in [0.29, 0.717) is 13.1 Å². The predicted octanol–water partition coefficient (Wildman–Crippen LogP) is 0.892. The Hall–Kier alpha value is -1.92. The van der Waals surface area contributed by atoms with Crippen molar-refractivity contribution in [2.45, 2.75) is 31.4 Å². The van der Waals surface area contributed by atoms with E-state index in [9.17, 15) is 5.11 Å². The van der Waals surface area contributed by atoms with E-state index in [4.69, 9.17) is 4.74 Å². The van der Waals surface area contributed by atoms with Crippen LogP contribution < -0.4 is 4.74 Å². The fourth-order valence-electron chi connectivity index (χ4n) is 3.56. The van der Waals surface area contributed by atoms with Gasteiger partial charge >= 0.3 is 0 Å². The van der Waals surface area contributed by atoms with E-state index >= 15 is 0 Å². The fourth-order valence-corrected chi connectivity index (χ4v) is 3.56. The second kappa shape index (κ2) is 5.94. The lowest BCUT2D eigenvalue weighted by Crippen LogP contribution is -2.38. The minimum Gasteiger partial charge on any atom is -0.493 e. The summed E-state index contributed by atoms with van der Waals surface area (Å²) in [6.45, 7) is 3.92. The molecule has 4 rings (SSSR count). The van der Waals surface area contributed by atoms with E-state index in [1.54, 1.807) is 17.1 Å². The number of aliphatic hydroxyl groups is 1. The fraction of sp³-hybridized carbons (Fsp3) is 0.529. The van der Waals surface area contributed by atoms with E-state index in [1.807, 2.05) is 0 Å². The quantitative estimate of drug-likeness (QED) is 0.888. The Morgan fingerprint density at radius 2 is 2.30 bits per heavy atom. The molecule has 1 atom stereocenters. The number of hydrogen-bond donors (Lipinski definition) is 1. The van der Waals surface area contributed by atoms with Crippen molar-refractivity contribution in [3.05, 3.63) is 41.7 Å². The highest BCUT2D eigenvalue weighted by molar-refractivity contribution is 5.39. The molecule has 0 radical (unpaired) electrons. The van der Waals surface area contributed by atoms with Crippen LogP contribution in [-0.2, 0) is 19.4 Å². The van der Waals surface area contributed by atoms with Gasteiger partial charge in [0.05, 0.1) is 24.9 Å². The first-order valence-electron chi connectivity index (χ1n) is 8.24. The summed E-state index contributed by atoms with van der Waals surface area (Å²) in [6, 6.07) is 6.50. The molecule has 122 valence electrons. The average Bonchev–Trinajstić information content (AvgIpc) is 3.26. The van der Waals surface area contributed by atoms with Gasteiger partial charge in [-0.15, -0.1) is 5.10 Å². The van der Waals surface area contributed by atoms with Crippen molar-refractivity contribution in [3.8, 4) is 5.75 Å². The van der Waals surface area contributed by atoms with Crippen LogP contribution in [0.1, 0.15) is 17.5 Å². The van der Waals surface area contributed by atoms with Crippen molar-refractivity contribution < 1.29 is 9.84 Å². The van der Waals surface area contributed by atoms with Gasteiger partial charge in [0.2, 0.25) is 0 Å². The SMILES string of the molecule is OC1(Cn2ccnn2)CCN(CCc2ccc3c(c2)CCO3)C1. The molecule has 0 saturated carbocycles. The first-order valence-corrected chi connectivity index (χ1v) is 8.24. The number of nitrogens with zero attached hydrogens (tertiary/aromatic N) is 4. The number of hydrogen-bond acceptors (Lipinski definition) is 5. The Kier molecular flexibility index (Phi) is 3.79. The summed E-state index contributed by atoms with van der Waals surface area (Å²) in [4.78, 5) is 2.33. The normalized spacial score (nSPS) is 23.9. The van der Waals surface area contributed by atoms with Crippen LogP contribution in [0.4, 0.5) is 0 Å². The minimum absolute atomic E-state index is 0.514. The number of benzene rings is 1. The maximum absolute atomic E-state index is 10.7. The molecule has 6 nitrogen and oxygen atoms in total. The van der Waals surface area contributed by atoms with Crippen LogP contribution in [0.5, 0.6) is 5.75 Å². The van der Waals surface area contributed by atoms with Crippen molar-refractivity contribution >= 4 is 0 Å². The molecule has 2 aliphatic rings. The first kappa shape index (κ1) is 14.7. The molecule has 1 unspecified atom stereocenters. The van der Waals surface area contributed by atoms with Gasteiger partial charge in [0.15, 0.2) is 0 Å². The lowest BCUT2D eigenvalue weighted by Gasteiger charge is -2.23. The smallest absolute Gasteiger partial charge is 0.122 e. The van der Waals surface area contributed by atoms with Crippen molar-refractivity contribution in [3.63, 3.8) is 0 Å². The molecule has 1 aromatic carbocycles. The summed E-state index contributed by atoms with van der Waals surface area (Å²) in [7, 11) is 0. The third kappa shape index (κ3) is 3.23. The summed E-state index contributed by atoms with van der Waals surface area (Å²) in [5.74, 6) is 1.04. The Balaban J connectivity index is 1.32. The monoisotopic (exact) mass is 314 g/mol. The number of rotatable bonds is 5. The van der Waals surface area contributed by atoms with Gasteiger partial charge in [0.25, 0.3) is 0 Å². The van der Waals surface area contributed by atoms with Crippen molar-refractivity contribution in [1.29, 1.82) is 0 Å². The standard InChI is InChI=1S/C17H22N4O2/c22-17(13-21-9-6-18-19-21)5-8-20(12-17)7-3-14-1-2-16-15(11-14)4-10-23-16/h1-2,6,9,11,22H,3-5,7-8,10,12-13H2. The molecule has 1 fully saturated rings. The molecule has 2 aliphatic heterocycles. The van der Waals surface area contributed by atoms with Gasteiger partial charge in [-0.25, -0.2) is 4.68 Å². The second-order valence-corrected chi connectivity index (χ2v) is 6.64. The summed E-state index contributed by atoms with van der Waals surface area (Å²) in [5, 5.41) is 18.5.